The summed E-state index contributed by atoms with van der Waals surface area (Å²) in [5, 5.41) is 0. The molecule has 0 spiro atoms. The topological polar surface area (TPSA) is 98.8 Å². The SMILES string of the molecule is CCCCC(OCCOCCOCCOCCOC(CCCC)C(=O)OC)C(=O)OC. The van der Waals surface area contributed by atoms with Crippen LogP contribution in [0.15, 0.2) is 0 Å². The first-order valence-electron chi connectivity index (χ1n) is 11.2. The Hall–Kier alpha value is -1.26. The molecule has 0 aromatic carbocycles. The van der Waals surface area contributed by atoms with Gasteiger partial charge in [-0.2, -0.15) is 0 Å². The number of ether oxygens (including phenoxy) is 7. The van der Waals surface area contributed by atoms with Gasteiger partial charge in [0.25, 0.3) is 0 Å². The minimum atomic E-state index is -0.527. The van der Waals surface area contributed by atoms with E-state index in [0.717, 1.165) is 25.7 Å². The van der Waals surface area contributed by atoms with E-state index in [2.05, 4.69) is 13.8 Å². The van der Waals surface area contributed by atoms with E-state index >= 15 is 0 Å². The van der Waals surface area contributed by atoms with Gasteiger partial charge in [-0.15, -0.1) is 0 Å². The summed E-state index contributed by atoms with van der Waals surface area (Å²) in [6.45, 7) is 7.30. The molecule has 9 nitrogen and oxygen atoms in total. The number of carbonyl (C=O) groups is 2. The van der Waals surface area contributed by atoms with Crippen LogP contribution in [0.4, 0.5) is 0 Å². The van der Waals surface area contributed by atoms with Gasteiger partial charge in [0.2, 0.25) is 0 Å². The highest BCUT2D eigenvalue weighted by atomic mass is 16.6. The molecular formula is C22H42O9. The Labute approximate surface area is 187 Å². The molecule has 0 saturated heterocycles. The molecule has 0 bridgehead atoms. The van der Waals surface area contributed by atoms with E-state index in [1.165, 1.54) is 14.2 Å². The summed E-state index contributed by atoms with van der Waals surface area (Å²) in [5.74, 6) is -0.687. The lowest BCUT2D eigenvalue weighted by Crippen LogP contribution is -2.27. The fraction of sp³-hybridized carbons (Fsp3) is 0.909. The minimum Gasteiger partial charge on any atom is -0.467 e. The first-order valence-corrected chi connectivity index (χ1v) is 11.2. The van der Waals surface area contributed by atoms with Crippen molar-refractivity contribution in [2.24, 2.45) is 0 Å². The summed E-state index contributed by atoms with van der Waals surface area (Å²) in [6, 6.07) is 0. The van der Waals surface area contributed by atoms with Gasteiger partial charge in [-0.1, -0.05) is 39.5 Å². The van der Waals surface area contributed by atoms with Crippen molar-refractivity contribution in [1.82, 2.24) is 0 Å². The van der Waals surface area contributed by atoms with Crippen LogP contribution in [0.5, 0.6) is 0 Å². The van der Waals surface area contributed by atoms with Crippen LogP contribution in [-0.4, -0.2) is 91.2 Å². The van der Waals surface area contributed by atoms with E-state index in [1.807, 2.05) is 0 Å². The van der Waals surface area contributed by atoms with E-state index in [-0.39, 0.29) is 11.9 Å². The number of hydrogen-bond acceptors (Lipinski definition) is 9. The molecule has 184 valence electrons. The third-order valence-corrected chi connectivity index (χ3v) is 4.41. The zero-order valence-corrected chi connectivity index (χ0v) is 19.7. The molecule has 0 aromatic heterocycles. The number of methoxy groups -OCH3 is 2. The van der Waals surface area contributed by atoms with E-state index < -0.39 is 12.2 Å². The number of carbonyl (C=O) groups excluding carboxylic acids is 2. The van der Waals surface area contributed by atoms with Crippen LogP contribution in [0.3, 0.4) is 0 Å². The summed E-state index contributed by atoms with van der Waals surface area (Å²) in [7, 11) is 2.73. The van der Waals surface area contributed by atoms with Crippen LogP contribution in [0.2, 0.25) is 0 Å². The van der Waals surface area contributed by atoms with Crippen LogP contribution < -0.4 is 0 Å². The zero-order valence-electron chi connectivity index (χ0n) is 19.7. The standard InChI is InChI=1S/C22H42O9/c1-5-7-9-19(21(23)25-3)30-17-15-28-13-11-27-12-14-29-16-18-31-20(10-8-6-2)22(24)26-4/h19-20H,5-18H2,1-4H3. The van der Waals surface area contributed by atoms with E-state index in [4.69, 9.17) is 33.2 Å². The molecule has 0 fully saturated rings. The maximum absolute atomic E-state index is 11.6. The molecule has 2 unspecified atom stereocenters. The van der Waals surface area contributed by atoms with Gasteiger partial charge in [-0.05, 0) is 12.8 Å². The van der Waals surface area contributed by atoms with E-state index in [0.29, 0.717) is 65.7 Å². The van der Waals surface area contributed by atoms with Crippen molar-refractivity contribution in [3.8, 4) is 0 Å². The lowest BCUT2D eigenvalue weighted by molar-refractivity contribution is -0.156. The summed E-state index contributed by atoms with van der Waals surface area (Å²) >= 11 is 0. The smallest absolute Gasteiger partial charge is 0.334 e. The summed E-state index contributed by atoms with van der Waals surface area (Å²) in [4.78, 5) is 23.2. The number of hydrogen-bond donors (Lipinski definition) is 0. The highest BCUT2D eigenvalue weighted by Gasteiger charge is 2.19. The lowest BCUT2D eigenvalue weighted by atomic mass is 10.1. The quantitative estimate of drug-likeness (QED) is 0.182. The van der Waals surface area contributed by atoms with Crippen LogP contribution >= 0.6 is 0 Å². The minimum absolute atomic E-state index is 0.331. The van der Waals surface area contributed by atoms with Gasteiger partial charge < -0.3 is 33.2 Å². The van der Waals surface area contributed by atoms with Crippen LogP contribution in [0, 0.1) is 0 Å². The Bertz CT molecular complexity index is 393. The summed E-state index contributed by atoms with van der Waals surface area (Å²) < 4.78 is 36.9. The van der Waals surface area contributed by atoms with Gasteiger partial charge in [0.15, 0.2) is 12.2 Å². The Morgan fingerprint density at radius 2 is 0.903 bits per heavy atom. The van der Waals surface area contributed by atoms with Crippen molar-refractivity contribution in [2.45, 2.75) is 64.6 Å². The van der Waals surface area contributed by atoms with Gasteiger partial charge in [0, 0.05) is 0 Å². The van der Waals surface area contributed by atoms with Crippen LogP contribution in [0.1, 0.15) is 52.4 Å². The van der Waals surface area contributed by atoms with Crippen molar-refractivity contribution in [3.63, 3.8) is 0 Å². The van der Waals surface area contributed by atoms with Gasteiger partial charge in [0.05, 0.1) is 67.1 Å². The van der Waals surface area contributed by atoms with Crippen molar-refractivity contribution >= 4 is 11.9 Å². The summed E-state index contributed by atoms with van der Waals surface area (Å²) in [5.41, 5.74) is 0. The second-order valence-electron chi connectivity index (χ2n) is 6.89. The third kappa shape index (κ3) is 17.0. The molecule has 2 atom stereocenters. The van der Waals surface area contributed by atoms with Gasteiger partial charge in [-0.3, -0.25) is 0 Å². The van der Waals surface area contributed by atoms with Crippen molar-refractivity contribution in [3.05, 3.63) is 0 Å². The summed E-state index contributed by atoms with van der Waals surface area (Å²) in [6.07, 6.45) is 4.06. The molecule has 0 aliphatic heterocycles. The molecule has 0 radical (unpaired) electrons. The third-order valence-electron chi connectivity index (χ3n) is 4.41. The fourth-order valence-electron chi connectivity index (χ4n) is 2.62. The van der Waals surface area contributed by atoms with Gasteiger partial charge in [-0.25, -0.2) is 9.59 Å². The molecule has 0 N–H and O–H groups in total. The lowest BCUT2D eigenvalue weighted by Gasteiger charge is -2.15. The molecule has 0 saturated carbocycles. The second kappa shape index (κ2) is 22.0. The monoisotopic (exact) mass is 450 g/mol. The molecule has 0 rings (SSSR count). The zero-order chi connectivity index (χ0) is 23.2. The molecule has 0 aromatic rings. The molecule has 0 aliphatic carbocycles. The highest BCUT2D eigenvalue weighted by molar-refractivity contribution is 5.74. The Morgan fingerprint density at radius 3 is 1.19 bits per heavy atom. The van der Waals surface area contributed by atoms with Crippen LogP contribution in [-0.2, 0) is 42.7 Å². The van der Waals surface area contributed by atoms with Crippen molar-refractivity contribution in [2.75, 3.05) is 67.1 Å². The van der Waals surface area contributed by atoms with Gasteiger partial charge >= 0.3 is 11.9 Å². The molecule has 0 heterocycles. The maximum Gasteiger partial charge on any atom is 0.334 e. The van der Waals surface area contributed by atoms with Crippen LogP contribution in [0.25, 0.3) is 0 Å². The normalized spacial score (nSPS) is 13.0. The Balaban J connectivity index is 3.56. The Kier molecular flexibility index (Phi) is 21.1. The van der Waals surface area contributed by atoms with E-state index in [9.17, 15) is 9.59 Å². The molecule has 31 heavy (non-hydrogen) atoms. The fourth-order valence-corrected chi connectivity index (χ4v) is 2.62. The number of rotatable bonds is 22. The van der Waals surface area contributed by atoms with Crippen molar-refractivity contribution < 1.29 is 42.7 Å². The number of unbranched alkanes of at least 4 members (excludes halogenated alkanes) is 2. The average molecular weight is 451 g/mol. The largest absolute Gasteiger partial charge is 0.467 e. The van der Waals surface area contributed by atoms with E-state index in [1.54, 1.807) is 0 Å². The number of esters is 2. The predicted molar refractivity (Wildman–Crippen MR) is 115 cm³/mol. The molecular weight excluding hydrogens is 408 g/mol. The highest BCUT2D eigenvalue weighted by Crippen LogP contribution is 2.07. The predicted octanol–water partition coefficient (Wildman–Crippen LogP) is 2.53. The molecule has 0 aliphatic rings. The van der Waals surface area contributed by atoms with Gasteiger partial charge in [0.1, 0.15) is 0 Å². The maximum atomic E-state index is 11.6. The molecule has 0 amide bonds. The van der Waals surface area contributed by atoms with Crippen molar-refractivity contribution in [1.29, 1.82) is 0 Å². The second-order valence-corrected chi connectivity index (χ2v) is 6.89. The average Bonchev–Trinajstić information content (AvgIpc) is 2.79. The first kappa shape index (κ1) is 29.7. The Morgan fingerprint density at radius 1 is 0.581 bits per heavy atom. The molecule has 9 heteroatoms. The first-order chi connectivity index (χ1) is 15.1.